The lowest BCUT2D eigenvalue weighted by Gasteiger charge is -2.57. The highest BCUT2D eigenvalue weighted by Crippen LogP contribution is 2.60. The van der Waals surface area contributed by atoms with Crippen LogP contribution in [0.25, 0.3) is 0 Å². The number of benzene rings is 2. The lowest BCUT2D eigenvalue weighted by atomic mass is 9.48. The van der Waals surface area contributed by atoms with Crippen molar-refractivity contribution in [2.24, 2.45) is 17.8 Å². The second kappa shape index (κ2) is 12.3. The summed E-state index contributed by atoms with van der Waals surface area (Å²) < 4.78 is 27.4. The first-order chi connectivity index (χ1) is 20.3. The van der Waals surface area contributed by atoms with Crippen LogP contribution in [0.1, 0.15) is 83.8 Å². The Kier molecular flexibility index (Phi) is 8.99. The summed E-state index contributed by atoms with van der Waals surface area (Å²) in [7, 11) is -3.77. The smallest absolute Gasteiger partial charge is 0.244 e. The molecule has 0 saturated heterocycles. The molecule has 1 atom stereocenters. The van der Waals surface area contributed by atoms with Crippen LogP contribution < -0.4 is 9.62 Å². The van der Waals surface area contributed by atoms with E-state index in [1.807, 2.05) is 70.2 Å². The molecule has 0 unspecified atom stereocenters. The molecule has 4 bridgehead atoms. The summed E-state index contributed by atoms with van der Waals surface area (Å²) in [6, 6.07) is 17.1. The quantitative estimate of drug-likeness (QED) is 0.356. The lowest BCUT2D eigenvalue weighted by molar-refractivity contribution is -0.140. The molecule has 0 aromatic heterocycles. The van der Waals surface area contributed by atoms with Crippen molar-refractivity contribution in [3.05, 3.63) is 65.7 Å². The van der Waals surface area contributed by atoms with Gasteiger partial charge >= 0.3 is 0 Å². The van der Waals surface area contributed by atoms with Gasteiger partial charge < -0.3 is 10.2 Å². The van der Waals surface area contributed by atoms with Gasteiger partial charge in [0.25, 0.3) is 0 Å². The second-order valence-electron chi connectivity index (χ2n) is 14.5. The molecule has 8 heteroatoms. The highest BCUT2D eigenvalue weighted by Gasteiger charge is 2.51. The summed E-state index contributed by atoms with van der Waals surface area (Å²) in [6.45, 7) is 7.56. The fourth-order valence-electron chi connectivity index (χ4n) is 8.41. The van der Waals surface area contributed by atoms with Gasteiger partial charge in [0.05, 0.1) is 11.9 Å². The van der Waals surface area contributed by atoms with Gasteiger partial charge in [0.1, 0.15) is 12.6 Å². The third kappa shape index (κ3) is 7.27. The Labute approximate surface area is 258 Å². The molecule has 0 spiro atoms. The zero-order valence-corrected chi connectivity index (χ0v) is 27.3. The van der Waals surface area contributed by atoms with E-state index in [1.165, 1.54) is 48.4 Å². The Morgan fingerprint density at radius 1 is 0.930 bits per heavy atom. The highest BCUT2D eigenvalue weighted by atomic mass is 32.2. The fraction of sp³-hybridized carbons (Fsp3) is 0.600. The van der Waals surface area contributed by atoms with Gasteiger partial charge in [0, 0.05) is 12.1 Å². The number of nitrogens with zero attached hydrogens (tertiary/aromatic N) is 2. The van der Waals surface area contributed by atoms with Gasteiger partial charge in [-0.1, -0.05) is 49.4 Å². The third-order valence-corrected chi connectivity index (χ3v) is 11.0. The lowest BCUT2D eigenvalue weighted by Crippen LogP contribution is -2.56. The van der Waals surface area contributed by atoms with Crippen LogP contribution in [-0.2, 0) is 31.4 Å². The Bertz CT molecular complexity index is 1360. The molecule has 2 amide bonds. The first kappa shape index (κ1) is 31.6. The predicted molar refractivity (Wildman–Crippen MR) is 172 cm³/mol. The first-order valence-corrected chi connectivity index (χ1v) is 17.8. The number of hydrogen-bond donors (Lipinski definition) is 1. The largest absolute Gasteiger partial charge is 0.350 e. The van der Waals surface area contributed by atoms with Gasteiger partial charge in [-0.25, -0.2) is 8.42 Å². The molecule has 7 nitrogen and oxygen atoms in total. The molecule has 2 aromatic rings. The van der Waals surface area contributed by atoms with Gasteiger partial charge in [-0.3, -0.25) is 13.9 Å². The second-order valence-corrected chi connectivity index (χ2v) is 16.4. The topological polar surface area (TPSA) is 86.8 Å². The molecule has 0 aliphatic heterocycles. The van der Waals surface area contributed by atoms with Gasteiger partial charge in [0.15, 0.2) is 0 Å². The Hall–Kier alpha value is -2.87. The SMILES string of the molecule is CC[C@@H](C(=O)NC(C)(C)C)N(CCc1ccccc1)C(=O)CN(c1ccc(C23CC4CC(CC(C4)C2)C3)cc1)S(C)(=O)=O. The van der Waals surface area contributed by atoms with E-state index in [4.69, 9.17) is 0 Å². The minimum atomic E-state index is -3.77. The molecule has 1 N–H and O–H groups in total. The monoisotopic (exact) mass is 607 g/mol. The molecular weight excluding hydrogens is 558 g/mol. The van der Waals surface area contributed by atoms with E-state index < -0.39 is 21.6 Å². The van der Waals surface area contributed by atoms with Crippen LogP contribution in [0.3, 0.4) is 0 Å². The Balaban J connectivity index is 1.38. The molecule has 6 rings (SSSR count). The molecule has 234 valence electrons. The van der Waals surface area contributed by atoms with E-state index in [0.717, 1.165) is 29.6 Å². The summed E-state index contributed by atoms with van der Waals surface area (Å²) >= 11 is 0. The standard InChI is InChI=1S/C35H49N3O4S/c1-6-31(33(40)36-34(2,3)4)37(17-16-25-10-8-7-9-11-25)32(39)24-38(43(5,41)42)30-14-12-29(13-15-30)35-21-26-18-27(22-35)20-28(19-26)23-35/h7-15,26-28,31H,6,16-24H2,1-5H3,(H,36,40)/t26?,27?,28?,31-,35?/m0/s1. The average Bonchev–Trinajstić information content (AvgIpc) is 2.92. The van der Waals surface area contributed by atoms with E-state index in [9.17, 15) is 18.0 Å². The predicted octanol–water partition coefficient (Wildman–Crippen LogP) is 5.69. The molecule has 4 saturated carbocycles. The summed E-state index contributed by atoms with van der Waals surface area (Å²) in [4.78, 5) is 28.9. The summed E-state index contributed by atoms with van der Waals surface area (Å²) in [6.07, 6.45) is 9.93. The molecule has 4 fully saturated rings. The van der Waals surface area contributed by atoms with Gasteiger partial charge in [-0.15, -0.1) is 0 Å². The van der Waals surface area contributed by atoms with E-state index in [2.05, 4.69) is 17.4 Å². The van der Waals surface area contributed by atoms with Crippen LogP contribution in [0, 0.1) is 17.8 Å². The van der Waals surface area contributed by atoms with Gasteiger partial charge in [-0.2, -0.15) is 0 Å². The summed E-state index contributed by atoms with van der Waals surface area (Å²) in [5, 5.41) is 3.01. The number of carbonyl (C=O) groups is 2. The molecule has 43 heavy (non-hydrogen) atoms. The van der Waals surface area contributed by atoms with E-state index in [-0.39, 0.29) is 23.8 Å². The van der Waals surface area contributed by atoms with Gasteiger partial charge in [0.2, 0.25) is 21.8 Å². The normalized spacial score (nSPS) is 25.3. The van der Waals surface area contributed by atoms with Crippen molar-refractivity contribution in [1.29, 1.82) is 0 Å². The number of nitrogens with one attached hydrogen (secondary N) is 1. The number of sulfonamides is 1. The molecule has 0 radical (unpaired) electrons. The van der Waals surface area contributed by atoms with Crippen molar-refractivity contribution >= 4 is 27.5 Å². The number of anilines is 1. The van der Waals surface area contributed by atoms with Crippen molar-refractivity contribution in [2.45, 2.75) is 96.1 Å². The number of carbonyl (C=O) groups excluding carboxylic acids is 2. The highest BCUT2D eigenvalue weighted by molar-refractivity contribution is 7.92. The summed E-state index contributed by atoms with van der Waals surface area (Å²) in [5.74, 6) is 1.84. The minimum Gasteiger partial charge on any atom is -0.350 e. The van der Waals surface area contributed by atoms with Crippen molar-refractivity contribution < 1.29 is 18.0 Å². The van der Waals surface area contributed by atoms with Crippen molar-refractivity contribution in [3.8, 4) is 0 Å². The van der Waals surface area contributed by atoms with Crippen LogP contribution in [0.2, 0.25) is 0 Å². The van der Waals surface area contributed by atoms with Gasteiger partial charge in [-0.05, 0) is 119 Å². The fourth-order valence-corrected chi connectivity index (χ4v) is 9.26. The maximum atomic E-state index is 14.0. The number of amides is 2. The van der Waals surface area contributed by atoms with Crippen molar-refractivity contribution in [3.63, 3.8) is 0 Å². The van der Waals surface area contributed by atoms with Crippen LogP contribution in [0.15, 0.2) is 54.6 Å². The van der Waals surface area contributed by atoms with Crippen molar-refractivity contribution in [2.75, 3.05) is 23.7 Å². The van der Waals surface area contributed by atoms with E-state index in [0.29, 0.717) is 25.1 Å². The summed E-state index contributed by atoms with van der Waals surface area (Å²) in [5.41, 5.74) is 2.59. The minimum absolute atomic E-state index is 0.210. The van der Waals surface area contributed by atoms with Crippen LogP contribution in [0.5, 0.6) is 0 Å². The zero-order chi connectivity index (χ0) is 31.0. The molecule has 0 heterocycles. The molecule has 4 aliphatic carbocycles. The first-order valence-electron chi connectivity index (χ1n) is 16.0. The Morgan fingerprint density at radius 2 is 1.49 bits per heavy atom. The number of rotatable bonds is 11. The van der Waals surface area contributed by atoms with Crippen LogP contribution >= 0.6 is 0 Å². The maximum absolute atomic E-state index is 14.0. The molecule has 2 aromatic carbocycles. The Morgan fingerprint density at radius 3 is 1.98 bits per heavy atom. The van der Waals surface area contributed by atoms with Crippen LogP contribution in [0.4, 0.5) is 5.69 Å². The maximum Gasteiger partial charge on any atom is 0.244 e. The molecule has 4 aliphatic rings. The zero-order valence-electron chi connectivity index (χ0n) is 26.5. The molecular formula is C35H49N3O4S. The number of hydrogen-bond acceptors (Lipinski definition) is 4. The van der Waals surface area contributed by atoms with Crippen LogP contribution in [-0.4, -0.2) is 56.1 Å². The van der Waals surface area contributed by atoms with E-state index >= 15 is 0 Å². The van der Waals surface area contributed by atoms with E-state index in [1.54, 1.807) is 4.90 Å². The van der Waals surface area contributed by atoms with Crippen molar-refractivity contribution in [1.82, 2.24) is 10.2 Å². The average molecular weight is 608 g/mol. The third-order valence-electron chi connectivity index (χ3n) is 9.85.